The Morgan fingerprint density at radius 2 is 1.84 bits per heavy atom. The number of likely N-dealkylation sites (tertiary alicyclic amines) is 1. The zero-order valence-electron chi connectivity index (χ0n) is 14.8. The maximum Gasteiger partial charge on any atom is 0.253 e. The lowest BCUT2D eigenvalue weighted by Crippen LogP contribution is -2.38. The summed E-state index contributed by atoms with van der Waals surface area (Å²) in [6.45, 7) is 5.80. The minimum atomic E-state index is 0.113. The topological polar surface area (TPSA) is 57.0 Å². The molecule has 3 rings (SSSR count). The van der Waals surface area contributed by atoms with E-state index in [-0.39, 0.29) is 5.91 Å². The lowest BCUT2D eigenvalue weighted by Gasteiger charge is -2.32. The summed E-state index contributed by atoms with van der Waals surface area (Å²) in [5, 5.41) is 8.86. The number of hydrogen-bond donors (Lipinski definition) is 0. The van der Waals surface area contributed by atoms with Crippen LogP contribution in [0.25, 0.3) is 0 Å². The van der Waals surface area contributed by atoms with Crippen LogP contribution in [-0.2, 0) is 0 Å². The van der Waals surface area contributed by atoms with Crippen LogP contribution in [0.1, 0.15) is 65.7 Å². The van der Waals surface area contributed by atoms with Gasteiger partial charge in [0.15, 0.2) is 0 Å². The Labute approximate surface area is 149 Å². The van der Waals surface area contributed by atoms with Crippen molar-refractivity contribution in [3.05, 3.63) is 65.0 Å². The van der Waals surface area contributed by atoms with E-state index < -0.39 is 0 Å². The number of carbonyl (C=O) groups excluding carboxylic acids is 1. The summed E-state index contributed by atoms with van der Waals surface area (Å²) in [5.41, 5.74) is 3.62. The number of piperidine rings is 1. The highest BCUT2D eigenvalue weighted by Gasteiger charge is 2.25. The summed E-state index contributed by atoms with van der Waals surface area (Å²) < 4.78 is 0. The maximum absolute atomic E-state index is 12.7. The van der Waals surface area contributed by atoms with E-state index in [1.807, 2.05) is 41.3 Å². The molecule has 1 aromatic heterocycles. The first-order valence-corrected chi connectivity index (χ1v) is 8.83. The van der Waals surface area contributed by atoms with Gasteiger partial charge in [0.25, 0.3) is 5.91 Å². The van der Waals surface area contributed by atoms with E-state index in [4.69, 9.17) is 5.26 Å². The van der Waals surface area contributed by atoms with E-state index in [0.29, 0.717) is 17.4 Å². The molecule has 0 N–H and O–H groups in total. The number of nitrogens with zero attached hydrogens (tertiary/aromatic N) is 3. The molecule has 25 heavy (non-hydrogen) atoms. The lowest BCUT2D eigenvalue weighted by atomic mass is 9.92. The van der Waals surface area contributed by atoms with Gasteiger partial charge >= 0.3 is 0 Å². The van der Waals surface area contributed by atoms with Gasteiger partial charge in [0.05, 0.1) is 5.56 Å². The number of carbonyl (C=O) groups is 1. The van der Waals surface area contributed by atoms with E-state index >= 15 is 0 Å². The van der Waals surface area contributed by atoms with Crippen LogP contribution in [0, 0.1) is 11.3 Å². The van der Waals surface area contributed by atoms with Crippen molar-refractivity contribution in [2.75, 3.05) is 13.1 Å². The molecule has 0 spiro atoms. The molecule has 4 nitrogen and oxygen atoms in total. The molecule has 128 valence electrons. The first kappa shape index (κ1) is 17.2. The molecule has 1 saturated heterocycles. The van der Waals surface area contributed by atoms with Crippen LogP contribution in [0.15, 0.2) is 42.6 Å². The van der Waals surface area contributed by atoms with Gasteiger partial charge in [-0.1, -0.05) is 26.0 Å². The van der Waals surface area contributed by atoms with Gasteiger partial charge in [0.1, 0.15) is 6.07 Å². The third-order valence-corrected chi connectivity index (χ3v) is 4.94. The molecule has 1 aromatic carbocycles. The number of hydrogen-bond acceptors (Lipinski definition) is 3. The number of pyridine rings is 1. The maximum atomic E-state index is 12.7. The van der Waals surface area contributed by atoms with Crippen molar-refractivity contribution in [1.82, 2.24) is 9.88 Å². The zero-order valence-corrected chi connectivity index (χ0v) is 14.8. The third kappa shape index (κ3) is 3.88. The standard InChI is InChI=1S/C21H23N3O/c1-15(2)17-4-6-19(7-5-17)21(25)24-11-9-18(10-12-24)20-8-3-16(13-22)14-23-20/h3-8,14-15,18H,9-12H2,1-2H3. The van der Waals surface area contributed by atoms with Crippen LogP contribution in [0.4, 0.5) is 0 Å². The van der Waals surface area contributed by atoms with E-state index in [1.165, 1.54) is 5.56 Å². The Morgan fingerprint density at radius 1 is 1.16 bits per heavy atom. The molecule has 0 atom stereocenters. The average Bonchev–Trinajstić information content (AvgIpc) is 2.67. The van der Waals surface area contributed by atoms with Crippen molar-refractivity contribution in [3.63, 3.8) is 0 Å². The second kappa shape index (κ2) is 7.48. The lowest BCUT2D eigenvalue weighted by molar-refractivity contribution is 0.0712. The molecular formula is C21H23N3O. The van der Waals surface area contributed by atoms with Crippen LogP contribution >= 0.6 is 0 Å². The Bertz CT molecular complexity index is 764. The fourth-order valence-electron chi connectivity index (χ4n) is 3.28. The summed E-state index contributed by atoms with van der Waals surface area (Å²) in [7, 11) is 0. The van der Waals surface area contributed by atoms with E-state index in [0.717, 1.165) is 37.2 Å². The fourth-order valence-corrected chi connectivity index (χ4v) is 3.28. The second-order valence-corrected chi connectivity index (χ2v) is 6.93. The van der Waals surface area contributed by atoms with Crippen LogP contribution < -0.4 is 0 Å². The van der Waals surface area contributed by atoms with E-state index in [9.17, 15) is 4.79 Å². The summed E-state index contributed by atoms with van der Waals surface area (Å²) >= 11 is 0. The highest BCUT2D eigenvalue weighted by atomic mass is 16.2. The molecule has 1 fully saturated rings. The van der Waals surface area contributed by atoms with Gasteiger partial charge in [-0.3, -0.25) is 9.78 Å². The Kier molecular flexibility index (Phi) is 5.14. The summed E-state index contributed by atoms with van der Waals surface area (Å²) in [4.78, 5) is 19.0. The molecule has 0 radical (unpaired) electrons. The molecule has 4 heteroatoms. The molecule has 2 heterocycles. The number of nitriles is 1. The van der Waals surface area contributed by atoms with Crippen molar-refractivity contribution in [1.29, 1.82) is 5.26 Å². The highest BCUT2D eigenvalue weighted by Crippen LogP contribution is 2.27. The molecule has 1 amide bonds. The molecule has 0 saturated carbocycles. The van der Waals surface area contributed by atoms with Gasteiger partial charge in [-0.05, 0) is 48.6 Å². The van der Waals surface area contributed by atoms with Gasteiger partial charge in [0, 0.05) is 36.5 Å². The number of aromatic nitrogens is 1. The highest BCUT2D eigenvalue weighted by molar-refractivity contribution is 5.94. The quantitative estimate of drug-likeness (QED) is 0.850. The smallest absolute Gasteiger partial charge is 0.253 e. The van der Waals surface area contributed by atoms with Gasteiger partial charge in [-0.25, -0.2) is 0 Å². The van der Waals surface area contributed by atoms with Gasteiger partial charge in [-0.15, -0.1) is 0 Å². The molecule has 2 aromatic rings. The number of rotatable bonds is 3. The monoisotopic (exact) mass is 333 g/mol. The van der Waals surface area contributed by atoms with Crippen LogP contribution in [-0.4, -0.2) is 28.9 Å². The largest absolute Gasteiger partial charge is 0.339 e. The molecule has 1 aliphatic rings. The van der Waals surface area contributed by atoms with Gasteiger partial charge in [0.2, 0.25) is 0 Å². The number of amides is 1. The molecule has 0 unspecified atom stereocenters. The molecule has 1 aliphatic heterocycles. The van der Waals surface area contributed by atoms with E-state index in [2.05, 4.69) is 24.9 Å². The van der Waals surface area contributed by atoms with Crippen LogP contribution in [0.3, 0.4) is 0 Å². The van der Waals surface area contributed by atoms with Gasteiger partial charge < -0.3 is 4.90 Å². The normalized spacial score (nSPS) is 15.2. The average molecular weight is 333 g/mol. The van der Waals surface area contributed by atoms with Gasteiger partial charge in [-0.2, -0.15) is 5.26 Å². The minimum absolute atomic E-state index is 0.113. The van der Waals surface area contributed by atoms with Crippen molar-refractivity contribution in [2.24, 2.45) is 0 Å². The van der Waals surface area contributed by atoms with Crippen molar-refractivity contribution in [3.8, 4) is 6.07 Å². The first-order chi connectivity index (χ1) is 12.1. The fraction of sp³-hybridized carbons (Fsp3) is 0.381. The summed E-state index contributed by atoms with van der Waals surface area (Å²) in [6.07, 6.45) is 3.45. The zero-order chi connectivity index (χ0) is 17.8. The van der Waals surface area contributed by atoms with Crippen LogP contribution in [0.2, 0.25) is 0 Å². The second-order valence-electron chi connectivity index (χ2n) is 6.93. The van der Waals surface area contributed by atoms with Crippen molar-refractivity contribution in [2.45, 2.75) is 38.5 Å². The van der Waals surface area contributed by atoms with E-state index in [1.54, 1.807) is 6.20 Å². The predicted octanol–water partition coefficient (Wildman–Crippen LogP) is 4.10. The Hall–Kier alpha value is -2.67. The summed E-state index contributed by atoms with van der Waals surface area (Å²) in [5.74, 6) is 0.946. The van der Waals surface area contributed by atoms with Crippen molar-refractivity contribution >= 4 is 5.91 Å². The molecular weight excluding hydrogens is 310 g/mol. The Balaban J connectivity index is 1.61. The van der Waals surface area contributed by atoms with Crippen molar-refractivity contribution < 1.29 is 4.79 Å². The minimum Gasteiger partial charge on any atom is -0.339 e. The SMILES string of the molecule is CC(C)c1ccc(C(=O)N2CCC(c3ccc(C#N)cn3)CC2)cc1. The third-order valence-electron chi connectivity index (χ3n) is 4.94. The van der Waals surface area contributed by atoms with Crippen LogP contribution in [0.5, 0.6) is 0 Å². The Morgan fingerprint density at radius 3 is 2.36 bits per heavy atom. The summed E-state index contributed by atoms with van der Waals surface area (Å²) in [6, 6.07) is 13.8. The molecule has 0 aliphatic carbocycles. The first-order valence-electron chi connectivity index (χ1n) is 8.83. The number of benzene rings is 1. The molecule has 0 bridgehead atoms. The predicted molar refractivity (Wildman–Crippen MR) is 97.4 cm³/mol.